The van der Waals surface area contributed by atoms with Gasteiger partial charge in [-0.25, -0.2) is 9.97 Å². The van der Waals surface area contributed by atoms with Gasteiger partial charge in [0.05, 0.1) is 23.1 Å². The van der Waals surface area contributed by atoms with Crippen LogP contribution in [-0.2, 0) is 0 Å². The van der Waals surface area contributed by atoms with E-state index in [1.54, 1.807) is 26.2 Å². The number of nitrogens with zero attached hydrogens (tertiary/aromatic N) is 2. The second-order valence-electron chi connectivity index (χ2n) is 6.53. The summed E-state index contributed by atoms with van der Waals surface area (Å²) in [6, 6.07) is 0. The third kappa shape index (κ3) is 3.29. The summed E-state index contributed by atoms with van der Waals surface area (Å²) in [5, 5.41) is 9.97. The van der Waals surface area contributed by atoms with Crippen molar-refractivity contribution in [1.82, 2.24) is 15.0 Å². The molecule has 0 saturated heterocycles. The van der Waals surface area contributed by atoms with E-state index in [9.17, 15) is 9.90 Å². The number of hydrogen-bond acceptors (Lipinski definition) is 4. The monoisotopic (exact) mass is 289 g/mol. The normalized spacial score (nSPS) is 13.9. The van der Waals surface area contributed by atoms with Gasteiger partial charge in [-0.3, -0.25) is 4.79 Å². The molecule has 2 rings (SSSR count). The largest absolute Gasteiger partial charge is 0.390 e. The predicted molar refractivity (Wildman–Crippen MR) is 82.4 cm³/mol. The number of aliphatic hydroxyl groups is 1. The average molecular weight is 289 g/mol. The Bertz CT molecular complexity index is 653. The van der Waals surface area contributed by atoms with Gasteiger partial charge in [0.2, 0.25) is 0 Å². The lowest BCUT2D eigenvalue weighted by molar-refractivity contribution is 0.0214. The van der Waals surface area contributed by atoms with E-state index in [4.69, 9.17) is 0 Å². The summed E-state index contributed by atoms with van der Waals surface area (Å²) in [5.41, 5.74) is 1.78. The minimum absolute atomic E-state index is 0.0221. The minimum atomic E-state index is -0.878. The lowest BCUT2D eigenvalue weighted by Gasteiger charge is -2.24. The van der Waals surface area contributed by atoms with E-state index < -0.39 is 5.60 Å². The quantitative estimate of drug-likeness (QED) is 0.829. The highest BCUT2D eigenvalue weighted by Gasteiger charge is 2.26. The number of H-pyrrole nitrogens is 1. The van der Waals surface area contributed by atoms with Crippen LogP contribution < -0.4 is 0 Å². The molecule has 0 aliphatic rings. The number of Topliss-reactive ketones (excluding diaryl/α,β-unsaturated/α-hetero) is 1. The molecule has 0 fully saturated rings. The van der Waals surface area contributed by atoms with Crippen molar-refractivity contribution < 1.29 is 9.90 Å². The molecule has 2 heterocycles. The molecule has 0 aliphatic heterocycles. The van der Waals surface area contributed by atoms with Gasteiger partial charge >= 0.3 is 0 Å². The van der Waals surface area contributed by atoms with Crippen molar-refractivity contribution in [3.8, 4) is 0 Å². The number of nitrogens with one attached hydrogen (secondary N) is 1. The molecule has 2 aromatic heterocycles. The van der Waals surface area contributed by atoms with Gasteiger partial charge in [-0.2, -0.15) is 0 Å². The van der Waals surface area contributed by atoms with Gasteiger partial charge in [-0.1, -0.05) is 20.8 Å². The van der Waals surface area contributed by atoms with Crippen molar-refractivity contribution >= 4 is 16.9 Å². The Morgan fingerprint density at radius 2 is 2.05 bits per heavy atom. The molecular weight excluding hydrogens is 266 g/mol. The molecule has 21 heavy (non-hydrogen) atoms. The number of aromatic nitrogens is 3. The van der Waals surface area contributed by atoms with Crippen LogP contribution in [0.2, 0.25) is 0 Å². The molecule has 0 spiro atoms. The highest BCUT2D eigenvalue weighted by atomic mass is 16.3. The SMILES string of the molecule is CC(C)c1cnc2[nH]cc(C(=O)CC(C)C(C)(C)O)c2n1. The van der Waals surface area contributed by atoms with Crippen LogP contribution in [0.15, 0.2) is 12.4 Å². The molecule has 2 aromatic rings. The Morgan fingerprint density at radius 1 is 1.38 bits per heavy atom. The molecule has 5 nitrogen and oxygen atoms in total. The number of carbonyl (C=O) groups excluding carboxylic acids is 1. The van der Waals surface area contributed by atoms with Crippen molar-refractivity contribution in [2.75, 3.05) is 0 Å². The Balaban J connectivity index is 2.33. The van der Waals surface area contributed by atoms with Crippen molar-refractivity contribution in [3.05, 3.63) is 23.7 Å². The molecule has 0 saturated carbocycles. The van der Waals surface area contributed by atoms with Crippen LogP contribution in [0.4, 0.5) is 0 Å². The Labute approximate surface area is 124 Å². The molecule has 1 unspecified atom stereocenters. The summed E-state index contributed by atoms with van der Waals surface area (Å²) in [6.45, 7) is 9.40. The Hall–Kier alpha value is -1.75. The molecule has 0 bridgehead atoms. The number of hydrogen-bond donors (Lipinski definition) is 2. The summed E-state index contributed by atoms with van der Waals surface area (Å²) >= 11 is 0. The van der Waals surface area contributed by atoms with Gasteiger partial charge in [-0.05, 0) is 25.7 Å². The first-order valence-corrected chi connectivity index (χ1v) is 7.29. The highest BCUT2D eigenvalue weighted by Crippen LogP contribution is 2.24. The molecule has 2 N–H and O–H groups in total. The first kappa shape index (κ1) is 15.6. The van der Waals surface area contributed by atoms with Crippen LogP contribution >= 0.6 is 0 Å². The molecule has 0 aliphatic carbocycles. The summed E-state index contributed by atoms with van der Waals surface area (Å²) in [7, 11) is 0. The molecule has 5 heteroatoms. The van der Waals surface area contributed by atoms with E-state index in [2.05, 4.69) is 15.0 Å². The first-order chi connectivity index (χ1) is 9.70. The van der Waals surface area contributed by atoms with E-state index in [1.165, 1.54) is 0 Å². The van der Waals surface area contributed by atoms with E-state index >= 15 is 0 Å². The summed E-state index contributed by atoms with van der Waals surface area (Å²) < 4.78 is 0. The summed E-state index contributed by atoms with van der Waals surface area (Å²) in [6.07, 6.45) is 3.68. The number of fused-ring (bicyclic) bond motifs is 1. The zero-order chi connectivity index (χ0) is 15.8. The number of ketones is 1. The maximum Gasteiger partial charge on any atom is 0.167 e. The summed E-state index contributed by atoms with van der Waals surface area (Å²) in [4.78, 5) is 24.3. The Kier molecular flexibility index (Phi) is 4.14. The number of aromatic amines is 1. The van der Waals surface area contributed by atoms with Gasteiger partial charge in [0.1, 0.15) is 5.52 Å². The van der Waals surface area contributed by atoms with Crippen molar-refractivity contribution in [2.45, 2.75) is 52.6 Å². The van der Waals surface area contributed by atoms with Crippen molar-refractivity contribution in [2.24, 2.45) is 5.92 Å². The maximum absolute atomic E-state index is 12.5. The average Bonchev–Trinajstić information content (AvgIpc) is 2.80. The van der Waals surface area contributed by atoms with Crippen molar-refractivity contribution in [1.29, 1.82) is 0 Å². The zero-order valence-corrected chi connectivity index (χ0v) is 13.3. The van der Waals surface area contributed by atoms with Gasteiger partial charge in [0, 0.05) is 12.6 Å². The van der Waals surface area contributed by atoms with E-state index in [-0.39, 0.29) is 24.0 Å². The molecule has 1 atom stereocenters. The highest BCUT2D eigenvalue weighted by molar-refractivity contribution is 6.05. The van der Waals surface area contributed by atoms with Crippen LogP contribution in [0.5, 0.6) is 0 Å². The second kappa shape index (κ2) is 5.56. The van der Waals surface area contributed by atoms with Crippen LogP contribution in [0.3, 0.4) is 0 Å². The maximum atomic E-state index is 12.5. The third-order valence-corrected chi connectivity index (χ3v) is 3.99. The van der Waals surface area contributed by atoms with Crippen molar-refractivity contribution in [3.63, 3.8) is 0 Å². The van der Waals surface area contributed by atoms with E-state index in [0.29, 0.717) is 16.7 Å². The van der Waals surface area contributed by atoms with Gasteiger partial charge in [0.15, 0.2) is 11.4 Å². The number of carbonyl (C=O) groups is 1. The lowest BCUT2D eigenvalue weighted by Crippen LogP contribution is -2.30. The smallest absolute Gasteiger partial charge is 0.167 e. The topological polar surface area (TPSA) is 78.9 Å². The lowest BCUT2D eigenvalue weighted by atomic mass is 9.87. The Morgan fingerprint density at radius 3 is 2.62 bits per heavy atom. The molecule has 0 amide bonds. The molecule has 0 aromatic carbocycles. The predicted octanol–water partition coefficient (Wildman–Crippen LogP) is 3.06. The first-order valence-electron chi connectivity index (χ1n) is 7.29. The fourth-order valence-electron chi connectivity index (χ4n) is 2.03. The molecular formula is C16H23N3O2. The molecule has 114 valence electrons. The third-order valence-electron chi connectivity index (χ3n) is 3.99. The molecule has 0 radical (unpaired) electrons. The fraction of sp³-hybridized carbons (Fsp3) is 0.562. The van der Waals surface area contributed by atoms with Gasteiger partial charge in [0.25, 0.3) is 0 Å². The van der Waals surface area contributed by atoms with Gasteiger partial charge in [-0.15, -0.1) is 0 Å². The standard InChI is InChI=1S/C16H23N3O2/c1-9(2)12-8-18-15-14(19-12)11(7-17-15)13(20)6-10(3)16(4,5)21/h7-10,21H,6H2,1-5H3,(H,17,18). The van der Waals surface area contributed by atoms with E-state index in [1.807, 2.05) is 20.8 Å². The summed E-state index contributed by atoms with van der Waals surface area (Å²) in [5.74, 6) is 0.109. The second-order valence-corrected chi connectivity index (χ2v) is 6.53. The van der Waals surface area contributed by atoms with E-state index in [0.717, 1.165) is 5.69 Å². The zero-order valence-electron chi connectivity index (χ0n) is 13.3. The fourth-order valence-corrected chi connectivity index (χ4v) is 2.03. The number of rotatable bonds is 5. The minimum Gasteiger partial charge on any atom is -0.390 e. The van der Waals surface area contributed by atoms with Crippen LogP contribution in [0, 0.1) is 5.92 Å². The van der Waals surface area contributed by atoms with Crippen LogP contribution in [-0.4, -0.2) is 31.4 Å². The van der Waals surface area contributed by atoms with Gasteiger partial charge < -0.3 is 10.1 Å². The van der Waals surface area contributed by atoms with Crippen LogP contribution in [0.1, 0.15) is 63.0 Å². The van der Waals surface area contributed by atoms with Crippen LogP contribution in [0.25, 0.3) is 11.2 Å².